The first-order valence-corrected chi connectivity index (χ1v) is 7.33. The Morgan fingerprint density at radius 1 is 1.12 bits per heavy atom. The third kappa shape index (κ3) is 4.14. The summed E-state index contributed by atoms with van der Waals surface area (Å²) in [5, 5.41) is 9.87. The summed E-state index contributed by atoms with van der Waals surface area (Å²) in [6.45, 7) is 5.58. The van der Waals surface area contributed by atoms with Crippen LogP contribution in [0.2, 0.25) is 0 Å². The van der Waals surface area contributed by atoms with Gasteiger partial charge in [0.25, 0.3) is 0 Å². The minimum atomic E-state index is -3.14. The first-order chi connectivity index (χ1) is 7.97. The topological polar surface area (TPSA) is 62.1 Å². The summed E-state index contributed by atoms with van der Waals surface area (Å²) in [5.74, 6) is 0. The molecule has 1 aromatic rings. The maximum atomic E-state index is 11.2. The Bertz CT molecular complexity index is 476. The molecule has 0 aliphatic rings. The highest BCUT2D eigenvalue weighted by Gasteiger charge is 2.05. The lowest BCUT2D eigenvalue weighted by Crippen LogP contribution is -2.14. The molecule has 0 aromatic heterocycles. The van der Waals surface area contributed by atoms with Crippen molar-refractivity contribution >= 4 is 15.5 Å². The fourth-order valence-electron chi connectivity index (χ4n) is 1.22. The lowest BCUT2D eigenvalue weighted by Gasteiger charge is -2.10. The molecule has 6 heteroatoms. The second kappa shape index (κ2) is 5.77. The van der Waals surface area contributed by atoms with Crippen molar-refractivity contribution in [3.05, 3.63) is 24.3 Å². The SMILES string of the molecule is CCN(CC)N=Nc1ccc(S(C)(=O)=O)cc1. The van der Waals surface area contributed by atoms with Crippen molar-refractivity contribution in [2.75, 3.05) is 19.3 Å². The van der Waals surface area contributed by atoms with Gasteiger partial charge in [-0.3, -0.25) is 5.01 Å². The third-order valence-corrected chi connectivity index (χ3v) is 3.41. The maximum absolute atomic E-state index is 11.2. The van der Waals surface area contributed by atoms with Crippen LogP contribution < -0.4 is 0 Å². The smallest absolute Gasteiger partial charge is 0.175 e. The van der Waals surface area contributed by atoms with Crippen LogP contribution in [0.3, 0.4) is 0 Å². The van der Waals surface area contributed by atoms with E-state index < -0.39 is 9.84 Å². The van der Waals surface area contributed by atoms with Crippen LogP contribution in [-0.2, 0) is 9.84 Å². The molecule has 0 saturated carbocycles. The quantitative estimate of drug-likeness (QED) is 0.599. The van der Waals surface area contributed by atoms with Crippen LogP contribution in [-0.4, -0.2) is 32.8 Å². The molecule has 17 heavy (non-hydrogen) atoms. The summed E-state index contributed by atoms with van der Waals surface area (Å²) in [5.41, 5.74) is 0.643. The van der Waals surface area contributed by atoms with Crippen LogP contribution in [0.4, 0.5) is 5.69 Å². The van der Waals surface area contributed by atoms with Gasteiger partial charge in [-0.25, -0.2) is 8.42 Å². The van der Waals surface area contributed by atoms with Gasteiger partial charge < -0.3 is 0 Å². The molecule has 0 unspecified atom stereocenters. The van der Waals surface area contributed by atoms with Gasteiger partial charge in [-0.15, -0.1) is 5.11 Å². The predicted molar refractivity (Wildman–Crippen MR) is 67.0 cm³/mol. The minimum Gasteiger partial charge on any atom is -0.279 e. The summed E-state index contributed by atoms with van der Waals surface area (Å²) < 4.78 is 22.5. The van der Waals surface area contributed by atoms with E-state index in [0.29, 0.717) is 10.6 Å². The van der Waals surface area contributed by atoms with Crippen LogP contribution in [0.15, 0.2) is 39.5 Å². The van der Waals surface area contributed by atoms with Crippen LogP contribution in [0.1, 0.15) is 13.8 Å². The number of hydrogen-bond acceptors (Lipinski definition) is 4. The van der Waals surface area contributed by atoms with Gasteiger partial charge in [-0.2, -0.15) is 0 Å². The number of rotatable bonds is 5. The zero-order valence-electron chi connectivity index (χ0n) is 10.3. The highest BCUT2D eigenvalue weighted by Crippen LogP contribution is 2.16. The zero-order valence-corrected chi connectivity index (χ0v) is 11.1. The van der Waals surface area contributed by atoms with Crippen LogP contribution in [0.25, 0.3) is 0 Å². The molecule has 0 N–H and O–H groups in total. The average Bonchev–Trinajstić information content (AvgIpc) is 2.30. The summed E-state index contributed by atoms with van der Waals surface area (Å²) >= 11 is 0. The first kappa shape index (κ1) is 13.6. The second-order valence-corrected chi connectivity index (χ2v) is 5.61. The number of benzene rings is 1. The Hall–Kier alpha value is -1.43. The first-order valence-electron chi connectivity index (χ1n) is 5.44. The molecule has 0 atom stereocenters. The van der Waals surface area contributed by atoms with E-state index in [1.54, 1.807) is 12.1 Å². The Balaban J connectivity index is 2.82. The van der Waals surface area contributed by atoms with E-state index in [1.807, 2.05) is 18.9 Å². The molecule has 0 aliphatic carbocycles. The highest BCUT2D eigenvalue weighted by molar-refractivity contribution is 7.90. The highest BCUT2D eigenvalue weighted by atomic mass is 32.2. The molecule has 0 saturated heterocycles. The largest absolute Gasteiger partial charge is 0.279 e. The van der Waals surface area contributed by atoms with Gasteiger partial charge in [-0.05, 0) is 38.1 Å². The number of hydrogen-bond donors (Lipinski definition) is 0. The van der Waals surface area contributed by atoms with Gasteiger partial charge in [0.15, 0.2) is 9.84 Å². The summed E-state index contributed by atoms with van der Waals surface area (Å²) in [4.78, 5) is 0.291. The lowest BCUT2D eigenvalue weighted by molar-refractivity contribution is 0.300. The van der Waals surface area contributed by atoms with Gasteiger partial charge in [-0.1, -0.05) is 5.22 Å². The Morgan fingerprint density at radius 3 is 2.06 bits per heavy atom. The molecule has 0 amide bonds. The maximum Gasteiger partial charge on any atom is 0.175 e. The van der Waals surface area contributed by atoms with Crippen molar-refractivity contribution in [1.82, 2.24) is 5.01 Å². The standard InChI is InChI=1S/C11H17N3O2S/c1-4-14(5-2)13-12-10-6-8-11(9-7-10)17(3,15)16/h6-9H,4-5H2,1-3H3. The molecular weight excluding hydrogens is 238 g/mol. The fourth-order valence-corrected chi connectivity index (χ4v) is 1.86. The van der Waals surface area contributed by atoms with Crippen LogP contribution in [0, 0.1) is 0 Å². The molecule has 0 heterocycles. The van der Waals surface area contributed by atoms with Gasteiger partial charge in [0.1, 0.15) is 0 Å². The second-order valence-electron chi connectivity index (χ2n) is 3.59. The molecular formula is C11H17N3O2S. The number of nitrogens with zero attached hydrogens (tertiary/aromatic N) is 3. The van der Waals surface area contributed by atoms with Gasteiger partial charge in [0.2, 0.25) is 0 Å². The van der Waals surface area contributed by atoms with E-state index in [4.69, 9.17) is 0 Å². The van der Waals surface area contributed by atoms with Crippen molar-refractivity contribution < 1.29 is 8.42 Å². The summed E-state index contributed by atoms with van der Waals surface area (Å²) in [6, 6.07) is 6.35. The van der Waals surface area contributed by atoms with Crippen molar-refractivity contribution in [3.63, 3.8) is 0 Å². The van der Waals surface area contributed by atoms with Crippen molar-refractivity contribution in [2.24, 2.45) is 10.3 Å². The predicted octanol–water partition coefficient (Wildman–Crippen LogP) is 2.43. The molecule has 1 aromatic carbocycles. The Kier molecular flexibility index (Phi) is 4.62. The number of sulfone groups is 1. The molecule has 1 rings (SSSR count). The lowest BCUT2D eigenvalue weighted by atomic mass is 10.3. The third-order valence-electron chi connectivity index (χ3n) is 2.28. The van der Waals surface area contributed by atoms with Gasteiger partial charge >= 0.3 is 0 Å². The van der Waals surface area contributed by atoms with Crippen LogP contribution >= 0.6 is 0 Å². The van der Waals surface area contributed by atoms with E-state index in [-0.39, 0.29) is 0 Å². The van der Waals surface area contributed by atoms with E-state index >= 15 is 0 Å². The monoisotopic (exact) mass is 255 g/mol. The Morgan fingerprint density at radius 2 is 1.65 bits per heavy atom. The molecule has 0 bridgehead atoms. The molecule has 0 fully saturated rings. The molecule has 0 radical (unpaired) electrons. The molecule has 94 valence electrons. The van der Waals surface area contributed by atoms with Crippen LogP contribution in [0.5, 0.6) is 0 Å². The molecule has 5 nitrogen and oxygen atoms in total. The zero-order chi connectivity index (χ0) is 12.9. The fraction of sp³-hybridized carbons (Fsp3) is 0.455. The van der Waals surface area contributed by atoms with Crippen molar-refractivity contribution in [2.45, 2.75) is 18.7 Å². The Labute approximate surface area is 102 Å². The average molecular weight is 255 g/mol. The molecule has 0 aliphatic heterocycles. The minimum absolute atomic E-state index is 0.291. The van der Waals surface area contributed by atoms with E-state index in [9.17, 15) is 8.42 Å². The summed E-state index contributed by atoms with van der Waals surface area (Å²) in [6.07, 6.45) is 1.18. The van der Waals surface area contributed by atoms with Crippen molar-refractivity contribution in [3.8, 4) is 0 Å². The molecule has 0 spiro atoms. The van der Waals surface area contributed by atoms with E-state index in [2.05, 4.69) is 10.3 Å². The summed E-state index contributed by atoms with van der Waals surface area (Å²) in [7, 11) is -3.14. The van der Waals surface area contributed by atoms with E-state index in [0.717, 1.165) is 13.1 Å². The van der Waals surface area contributed by atoms with Gasteiger partial charge in [0.05, 0.1) is 10.6 Å². The van der Waals surface area contributed by atoms with Crippen molar-refractivity contribution in [1.29, 1.82) is 0 Å². The van der Waals surface area contributed by atoms with E-state index in [1.165, 1.54) is 18.4 Å². The normalized spacial score (nSPS) is 11.9. The van der Waals surface area contributed by atoms with Gasteiger partial charge in [0, 0.05) is 19.3 Å².